The second kappa shape index (κ2) is 9.24. The van der Waals surface area contributed by atoms with Crippen molar-refractivity contribution in [1.82, 2.24) is 9.80 Å². The maximum Gasteiger partial charge on any atom is 0.329 e. The number of carbonyl (C=O) groups excluding carboxylic acids is 3. The highest BCUT2D eigenvalue weighted by Crippen LogP contribution is 2.36. The maximum atomic E-state index is 13.7. The molecule has 0 aliphatic carbocycles. The average Bonchev–Trinajstić information content (AvgIpc) is 3.01. The van der Waals surface area contributed by atoms with E-state index in [4.69, 9.17) is 0 Å². The second-order valence-electron chi connectivity index (χ2n) is 8.26. The van der Waals surface area contributed by atoms with Crippen LogP contribution in [0.1, 0.15) is 21.5 Å². The predicted molar refractivity (Wildman–Crippen MR) is 130 cm³/mol. The van der Waals surface area contributed by atoms with E-state index in [1.807, 2.05) is 72.8 Å². The number of hydrogen-bond donors (Lipinski definition) is 0. The van der Waals surface area contributed by atoms with Crippen molar-refractivity contribution in [2.24, 2.45) is 0 Å². The van der Waals surface area contributed by atoms with E-state index in [-0.39, 0.29) is 24.1 Å². The number of anilines is 2. The van der Waals surface area contributed by atoms with E-state index in [9.17, 15) is 14.4 Å². The number of piperazine rings is 1. The Bertz CT molecular complexity index is 1320. The first-order chi connectivity index (χ1) is 16.6. The van der Waals surface area contributed by atoms with Gasteiger partial charge in [-0.15, -0.1) is 0 Å². The first-order valence-electron chi connectivity index (χ1n) is 11.3. The molecular weight excluding hydrogens is 426 g/mol. The van der Waals surface area contributed by atoms with Gasteiger partial charge in [0.2, 0.25) is 0 Å². The zero-order valence-electron chi connectivity index (χ0n) is 18.6. The Balaban J connectivity index is 1.35. The van der Waals surface area contributed by atoms with Crippen LogP contribution in [0.2, 0.25) is 0 Å². The van der Waals surface area contributed by atoms with Crippen LogP contribution in [0.15, 0.2) is 78.9 Å². The topological polar surface area (TPSA) is 60.9 Å². The number of Topliss-reactive ketones (excluding diaryl/α,β-unsaturated/α-hetero) is 1. The number of urea groups is 1. The highest BCUT2D eigenvalue weighted by molar-refractivity contribution is 6.12. The zero-order chi connectivity index (χ0) is 23.5. The summed E-state index contributed by atoms with van der Waals surface area (Å²) in [4.78, 5) is 44.2. The molecule has 2 aliphatic rings. The molecule has 6 nitrogen and oxygen atoms in total. The SMILES string of the molecule is O=C1Cc2ccccc2N(C(=O)N2CCN(C(=O)C#Cc3ccccc3)CC2)c2ccccc21. The van der Waals surface area contributed by atoms with Crippen molar-refractivity contribution in [3.8, 4) is 11.8 Å². The van der Waals surface area contributed by atoms with Crippen molar-refractivity contribution < 1.29 is 14.4 Å². The Morgan fingerprint density at radius 3 is 2.09 bits per heavy atom. The Hall–Kier alpha value is -4.37. The summed E-state index contributed by atoms with van der Waals surface area (Å²) >= 11 is 0. The lowest BCUT2D eigenvalue weighted by Gasteiger charge is -2.37. The lowest BCUT2D eigenvalue weighted by atomic mass is 10.0. The van der Waals surface area contributed by atoms with Crippen molar-refractivity contribution in [2.45, 2.75) is 6.42 Å². The van der Waals surface area contributed by atoms with Gasteiger partial charge in [0, 0.05) is 49.6 Å². The van der Waals surface area contributed by atoms with Gasteiger partial charge in [-0.2, -0.15) is 0 Å². The van der Waals surface area contributed by atoms with Gasteiger partial charge in [-0.1, -0.05) is 54.5 Å². The van der Waals surface area contributed by atoms with Crippen LogP contribution >= 0.6 is 0 Å². The Morgan fingerprint density at radius 1 is 0.706 bits per heavy atom. The summed E-state index contributed by atoms with van der Waals surface area (Å²) in [5.74, 6) is 5.35. The number of ketones is 1. The van der Waals surface area contributed by atoms with Crippen LogP contribution in [-0.4, -0.2) is 53.7 Å². The number of fused-ring (bicyclic) bond motifs is 2. The zero-order valence-corrected chi connectivity index (χ0v) is 18.6. The Morgan fingerprint density at radius 2 is 1.32 bits per heavy atom. The first kappa shape index (κ1) is 21.5. The maximum absolute atomic E-state index is 13.7. The first-order valence-corrected chi connectivity index (χ1v) is 11.3. The molecule has 3 aromatic carbocycles. The van der Waals surface area contributed by atoms with Crippen molar-refractivity contribution in [3.63, 3.8) is 0 Å². The van der Waals surface area contributed by atoms with E-state index in [1.165, 1.54) is 0 Å². The minimum absolute atomic E-state index is 0.00856. The molecule has 2 aliphatic heterocycles. The van der Waals surface area contributed by atoms with E-state index >= 15 is 0 Å². The molecule has 168 valence electrons. The molecule has 0 saturated carbocycles. The molecule has 3 amide bonds. The van der Waals surface area contributed by atoms with E-state index in [0.717, 1.165) is 16.8 Å². The number of para-hydroxylation sites is 2. The van der Waals surface area contributed by atoms with Gasteiger partial charge >= 0.3 is 6.03 Å². The van der Waals surface area contributed by atoms with Crippen LogP contribution in [0.4, 0.5) is 16.2 Å². The highest BCUT2D eigenvalue weighted by Gasteiger charge is 2.33. The third-order valence-corrected chi connectivity index (χ3v) is 6.15. The second-order valence-corrected chi connectivity index (χ2v) is 8.26. The molecule has 3 aromatic rings. The van der Waals surface area contributed by atoms with Crippen LogP contribution in [-0.2, 0) is 11.2 Å². The quantitative estimate of drug-likeness (QED) is 0.490. The highest BCUT2D eigenvalue weighted by atomic mass is 16.2. The predicted octanol–water partition coefficient (Wildman–Crippen LogP) is 3.88. The molecular formula is C28H23N3O3. The largest absolute Gasteiger partial charge is 0.329 e. The molecule has 0 unspecified atom stereocenters. The molecule has 1 fully saturated rings. The van der Waals surface area contributed by atoms with Gasteiger partial charge in [0.05, 0.1) is 11.4 Å². The van der Waals surface area contributed by atoms with Crippen molar-refractivity contribution in [1.29, 1.82) is 0 Å². The summed E-state index contributed by atoms with van der Waals surface area (Å²) in [5.41, 5.74) is 3.46. The fourth-order valence-electron chi connectivity index (χ4n) is 4.36. The summed E-state index contributed by atoms with van der Waals surface area (Å²) in [6.45, 7) is 1.60. The van der Waals surface area contributed by atoms with Gasteiger partial charge in [-0.25, -0.2) is 4.79 Å². The van der Waals surface area contributed by atoms with Gasteiger partial charge in [0.15, 0.2) is 5.78 Å². The summed E-state index contributed by atoms with van der Waals surface area (Å²) in [6, 6.07) is 23.9. The van der Waals surface area contributed by atoms with Crippen molar-refractivity contribution >= 4 is 29.1 Å². The smallest absolute Gasteiger partial charge is 0.328 e. The fraction of sp³-hybridized carbons (Fsp3) is 0.179. The van der Waals surface area contributed by atoms with Crippen LogP contribution < -0.4 is 4.90 Å². The van der Waals surface area contributed by atoms with E-state index < -0.39 is 0 Å². The van der Waals surface area contributed by atoms with Crippen LogP contribution in [0.5, 0.6) is 0 Å². The molecule has 5 rings (SSSR count). The molecule has 6 heteroatoms. The third kappa shape index (κ3) is 4.16. The minimum atomic E-state index is -0.244. The monoisotopic (exact) mass is 449 g/mol. The van der Waals surface area contributed by atoms with Gasteiger partial charge in [-0.3, -0.25) is 14.5 Å². The lowest BCUT2D eigenvalue weighted by molar-refractivity contribution is -0.126. The average molecular weight is 450 g/mol. The Labute approximate surface area is 198 Å². The molecule has 0 radical (unpaired) electrons. The molecule has 0 bridgehead atoms. The molecule has 2 heterocycles. The minimum Gasteiger partial charge on any atom is -0.328 e. The van der Waals surface area contributed by atoms with E-state index in [2.05, 4.69) is 11.8 Å². The van der Waals surface area contributed by atoms with Gasteiger partial charge in [0.25, 0.3) is 5.91 Å². The van der Waals surface area contributed by atoms with E-state index in [0.29, 0.717) is 37.4 Å². The molecule has 0 N–H and O–H groups in total. The number of carbonyl (C=O) groups is 3. The molecule has 0 spiro atoms. The van der Waals surface area contributed by atoms with Gasteiger partial charge in [0.1, 0.15) is 0 Å². The number of rotatable bonds is 0. The summed E-state index contributed by atoms with van der Waals surface area (Å²) in [7, 11) is 0. The van der Waals surface area contributed by atoms with Gasteiger partial charge in [-0.05, 0) is 35.9 Å². The standard InChI is InChI=1S/C28H23N3O3/c32-26-20-22-10-4-6-12-24(22)31(25-13-7-5-11-23(25)26)28(34)30-18-16-29(17-19-30)27(33)15-14-21-8-2-1-3-9-21/h1-13H,16-20H2. The number of hydrogen-bond acceptors (Lipinski definition) is 3. The Kier molecular flexibility index (Phi) is 5.84. The fourth-order valence-corrected chi connectivity index (χ4v) is 4.36. The van der Waals surface area contributed by atoms with E-state index in [1.54, 1.807) is 20.8 Å². The lowest BCUT2D eigenvalue weighted by Crippen LogP contribution is -2.53. The molecule has 0 atom stereocenters. The van der Waals surface area contributed by atoms with Crippen LogP contribution in [0.3, 0.4) is 0 Å². The summed E-state index contributed by atoms with van der Waals surface area (Å²) in [5, 5.41) is 0. The molecule has 34 heavy (non-hydrogen) atoms. The number of amides is 3. The molecule has 1 saturated heterocycles. The van der Waals surface area contributed by atoms with Crippen LogP contribution in [0, 0.1) is 11.8 Å². The normalized spacial score (nSPS) is 14.9. The van der Waals surface area contributed by atoms with Crippen LogP contribution in [0.25, 0.3) is 0 Å². The van der Waals surface area contributed by atoms with Crippen molar-refractivity contribution in [2.75, 3.05) is 31.1 Å². The van der Waals surface area contributed by atoms with Gasteiger partial charge < -0.3 is 9.80 Å². The molecule has 0 aromatic heterocycles. The van der Waals surface area contributed by atoms with Crippen molar-refractivity contribution in [3.05, 3.63) is 95.6 Å². The number of nitrogens with zero attached hydrogens (tertiary/aromatic N) is 3. The number of benzene rings is 3. The summed E-state index contributed by atoms with van der Waals surface area (Å²) in [6.07, 6.45) is 0.249. The third-order valence-electron chi connectivity index (χ3n) is 6.15. The summed E-state index contributed by atoms with van der Waals surface area (Å²) < 4.78 is 0.